The molecule has 8 nitrogen and oxygen atoms in total. The van der Waals surface area contributed by atoms with Crippen LogP contribution < -0.4 is 29.1 Å². The second kappa shape index (κ2) is 11.5. The molecular weight excluding hydrogens is 492 g/mol. The Morgan fingerprint density at radius 3 is 2.49 bits per heavy atom. The van der Waals surface area contributed by atoms with Gasteiger partial charge in [-0.3, -0.25) is 9.36 Å². The number of fused-ring (bicyclic) bond motifs is 1. The number of thiazole rings is 1. The van der Waals surface area contributed by atoms with Crippen LogP contribution in [0.4, 0.5) is 0 Å². The highest BCUT2D eigenvalue weighted by atomic mass is 32.1. The molecule has 0 fully saturated rings. The molecule has 1 aliphatic rings. The highest BCUT2D eigenvalue weighted by Gasteiger charge is 2.34. The Kier molecular flexibility index (Phi) is 8.13. The highest BCUT2D eigenvalue weighted by molar-refractivity contribution is 7.07. The number of carbonyl (C=O) groups excluding carboxylic acids is 1. The van der Waals surface area contributed by atoms with Crippen LogP contribution >= 0.6 is 11.3 Å². The van der Waals surface area contributed by atoms with Gasteiger partial charge in [-0.05, 0) is 55.3 Å². The first-order valence-corrected chi connectivity index (χ1v) is 12.8. The van der Waals surface area contributed by atoms with E-state index < -0.39 is 12.0 Å². The summed E-state index contributed by atoms with van der Waals surface area (Å²) in [5, 5.41) is 0. The van der Waals surface area contributed by atoms with Gasteiger partial charge in [0, 0.05) is 5.56 Å². The Bertz CT molecular complexity index is 1520. The third-order valence-electron chi connectivity index (χ3n) is 6.03. The smallest absolute Gasteiger partial charge is 0.338 e. The Morgan fingerprint density at radius 2 is 1.81 bits per heavy atom. The third kappa shape index (κ3) is 5.17. The largest absolute Gasteiger partial charge is 0.497 e. The standard InChI is InChI=1S/C28H30N2O6S/c1-6-9-21-24(27(32)36-7-2)25(17-10-8-11-19(14-17)33-3)30-26(31)23(37-28(30)29-21)16-18-15-20(34-4)12-13-22(18)35-5/h8,10-16,25H,6-7,9H2,1-5H3/b23-16-. The minimum absolute atomic E-state index is 0.215. The van der Waals surface area contributed by atoms with Crippen LogP contribution in [0.1, 0.15) is 43.9 Å². The van der Waals surface area contributed by atoms with Crippen molar-refractivity contribution in [1.82, 2.24) is 4.57 Å². The van der Waals surface area contributed by atoms with E-state index in [9.17, 15) is 9.59 Å². The fraction of sp³-hybridized carbons (Fsp3) is 0.321. The minimum Gasteiger partial charge on any atom is -0.497 e. The molecule has 1 unspecified atom stereocenters. The molecule has 37 heavy (non-hydrogen) atoms. The second-order valence-electron chi connectivity index (χ2n) is 8.30. The van der Waals surface area contributed by atoms with Gasteiger partial charge in [0.25, 0.3) is 5.56 Å². The number of allylic oxidation sites excluding steroid dienone is 1. The molecule has 194 valence electrons. The molecule has 1 atom stereocenters. The summed E-state index contributed by atoms with van der Waals surface area (Å²) in [6, 6.07) is 12.1. The van der Waals surface area contributed by atoms with Crippen molar-refractivity contribution in [3.05, 3.63) is 84.5 Å². The number of ether oxygens (including phenoxy) is 4. The Labute approximate surface area is 219 Å². The summed E-state index contributed by atoms with van der Waals surface area (Å²) >= 11 is 1.27. The first-order chi connectivity index (χ1) is 17.9. The van der Waals surface area contributed by atoms with Gasteiger partial charge < -0.3 is 18.9 Å². The maximum Gasteiger partial charge on any atom is 0.338 e. The number of hydrogen-bond donors (Lipinski definition) is 0. The van der Waals surface area contributed by atoms with Crippen molar-refractivity contribution in [2.45, 2.75) is 32.7 Å². The fourth-order valence-corrected chi connectivity index (χ4v) is 5.35. The van der Waals surface area contributed by atoms with E-state index in [-0.39, 0.29) is 12.2 Å². The van der Waals surface area contributed by atoms with E-state index in [0.717, 1.165) is 12.0 Å². The number of aromatic nitrogens is 1. The summed E-state index contributed by atoms with van der Waals surface area (Å²) in [6.45, 7) is 4.00. The van der Waals surface area contributed by atoms with Crippen LogP contribution in [0.5, 0.6) is 17.2 Å². The molecular formula is C28H30N2O6S. The maximum atomic E-state index is 13.9. The molecule has 0 bridgehead atoms. The summed E-state index contributed by atoms with van der Waals surface area (Å²) in [5.41, 5.74) is 2.16. The van der Waals surface area contributed by atoms with Crippen molar-refractivity contribution < 1.29 is 23.7 Å². The quantitative estimate of drug-likeness (QED) is 0.399. The van der Waals surface area contributed by atoms with Crippen molar-refractivity contribution in [2.75, 3.05) is 27.9 Å². The van der Waals surface area contributed by atoms with E-state index in [0.29, 0.717) is 49.8 Å². The highest BCUT2D eigenvalue weighted by Crippen LogP contribution is 2.34. The summed E-state index contributed by atoms with van der Waals surface area (Å²) in [5.74, 6) is 1.39. The average Bonchev–Trinajstić information content (AvgIpc) is 3.22. The summed E-state index contributed by atoms with van der Waals surface area (Å²) in [4.78, 5) is 32.5. The Morgan fingerprint density at radius 1 is 1.05 bits per heavy atom. The molecule has 0 aliphatic carbocycles. The van der Waals surface area contributed by atoms with Gasteiger partial charge in [-0.2, -0.15) is 0 Å². The second-order valence-corrected chi connectivity index (χ2v) is 9.31. The zero-order valence-corrected chi connectivity index (χ0v) is 22.4. The lowest BCUT2D eigenvalue weighted by atomic mass is 9.94. The first-order valence-electron chi connectivity index (χ1n) is 12.0. The van der Waals surface area contributed by atoms with Crippen molar-refractivity contribution in [3.8, 4) is 17.2 Å². The van der Waals surface area contributed by atoms with E-state index in [1.165, 1.54) is 11.3 Å². The molecule has 4 rings (SSSR count). The van der Waals surface area contributed by atoms with Crippen LogP contribution in [0.25, 0.3) is 6.08 Å². The number of methoxy groups -OCH3 is 3. The number of nitrogens with zero attached hydrogens (tertiary/aromatic N) is 2. The summed E-state index contributed by atoms with van der Waals surface area (Å²) < 4.78 is 23.8. The molecule has 1 aromatic heterocycles. The molecule has 2 heterocycles. The van der Waals surface area contributed by atoms with Gasteiger partial charge in [0.05, 0.1) is 49.8 Å². The topological polar surface area (TPSA) is 88.4 Å². The van der Waals surface area contributed by atoms with Crippen LogP contribution in [0.15, 0.2) is 63.5 Å². The lowest BCUT2D eigenvalue weighted by Crippen LogP contribution is -2.40. The van der Waals surface area contributed by atoms with Crippen molar-refractivity contribution in [3.63, 3.8) is 0 Å². The van der Waals surface area contributed by atoms with Crippen LogP contribution in [-0.4, -0.2) is 38.5 Å². The van der Waals surface area contributed by atoms with E-state index in [2.05, 4.69) is 0 Å². The lowest BCUT2D eigenvalue weighted by molar-refractivity contribution is -0.139. The van der Waals surface area contributed by atoms with E-state index >= 15 is 0 Å². The molecule has 0 saturated carbocycles. The van der Waals surface area contributed by atoms with E-state index in [1.54, 1.807) is 51.0 Å². The predicted molar refractivity (Wildman–Crippen MR) is 142 cm³/mol. The molecule has 0 spiro atoms. The normalized spacial score (nSPS) is 15.2. The van der Waals surface area contributed by atoms with Crippen LogP contribution in [0.2, 0.25) is 0 Å². The van der Waals surface area contributed by atoms with Gasteiger partial charge in [0.2, 0.25) is 0 Å². The fourth-order valence-electron chi connectivity index (χ4n) is 4.34. The molecule has 0 N–H and O–H groups in total. The minimum atomic E-state index is -0.707. The third-order valence-corrected chi connectivity index (χ3v) is 7.01. The van der Waals surface area contributed by atoms with Gasteiger partial charge >= 0.3 is 5.97 Å². The van der Waals surface area contributed by atoms with E-state index in [4.69, 9.17) is 23.9 Å². The Hall–Kier alpha value is -3.85. The van der Waals surface area contributed by atoms with Gasteiger partial charge in [0.1, 0.15) is 17.2 Å². The van der Waals surface area contributed by atoms with Crippen LogP contribution in [-0.2, 0) is 9.53 Å². The number of esters is 1. The van der Waals surface area contributed by atoms with Crippen molar-refractivity contribution in [1.29, 1.82) is 0 Å². The zero-order chi connectivity index (χ0) is 26.5. The molecule has 3 aromatic rings. The zero-order valence-electron chi connectivity index (χ0n) is 21.6. The summed E-state index contributed by atoms with van der Waals surface area (Å²) in [6.07, 6.45) is 3.12. The summed E-state index contributed by atoms with van der Waals surface area (Å²) in [7, 11) is 4.74. The average molecular weight is 523 g/mol. The van der Waals surface area contributed by atoms with Gasteiger partial charge in [-0.1, -0.05) is 36.8 Å². The number of benzene rings is 2. The molecule has 0 saturated heterocycles. The number of carbonyl (C=O) groups is 1. The lowest BCUT2D eigenvalue weighted by Gasteiger charge is -2.26. The van der Waals surface area contributed by atoms with Crippen LogP contribution in [0, 0.1) is 0 Å². The number of hydrogen-bond acceptors (Lipinski definition) is 8. The van der Waals surface area contributed by atoms with Gasteiger partial charge in [-0.25, -0.2) is 9.79 Å². The monoisotopic (exact) mass is 522 g/mol. The van der Waals surface area contributed by atoms with E-state index in [1.807, 2.05) is 37.3 Å². The Balaban J connectivity index is 2.02. The predicted octanol–water partition coefficient (Wildman–Crippen LogP) is 3.60. The molecule has 2 aromatic carbocycles. The molecule has 9 heteroatoms. The van der Waals surface area contributed by atoms with Crippen molar-refractivity contribution in [2.24, 2.45) is 4.99 Å². The molecule has 0 amide bonds. The SMILES string of the molecule is CCCC1=C(C(=O)OCC)C(c2cccc(OC)c2)n2c(s/c(=C\c3cc(OC)ccc3OC)c2=O)=N1. The molecule has 0 radical (unpaired) electrons. The van der Waals surface area contributed by atoms with Gasteiger partial charge in [-0.15, -0.1) is 0 Å². The molecule has 1 aliphatic heterocycles. The first kappa shape index (κ1) is 26.2. The maximum absolute atomic E-state index is 13.9. The van der Waals surface area contributed by atoms with Crippen LogP contribution in [0.3, 0.4) is 0 Å². The number of rotatable bonds is 9. The van der Waals surface area contributed by atoms with Gasteiger partial charge in [0.15, 0.2) is 4.80 Å². The van der Waals surface area contributed by atoms with Crippen molar-refractivity contribution >= 4 is 23.4 Å².